The van der Waals surface area contributed by atoms with Crippen molar-refractivity contribution in [2.24, 2.45) is 0 Å². The molecule has 2 N–H and O–H groups in total. The molecule has 0 aromatic heterocycles. The first kappa shape index (κ1) is 15.1. The van der Waals surface area contributed by atoms with E-state index in [-0.39, 0.29) is 0 Å². The van der Waals surface area contributed by atoms with Crippen molar-refractivity contribution >= 4 is 0 Å². The molecule has 0 saturated carbocycles. The molecule has 0 bridgehead atoms. The number of hydrogen-bond donors (Lipinski definition) is 2. The summed E-state index contributed by atoms with van der Waals surface area (Å²) in [6.45, 7) is 3.02. The van der Waals surface area contributed by atoms with Crippen LogP contribution in [0.1, 0.15) is 19.4 Å². The van der Waals surface area contributed by atoms with Crippen molar-refractivity contribution in [2.45, 2.75) is 25.0 Å². The van der Waals surface area contributed by atoms with Crippen LogP contribution in [0.15, 0.2) is 60.7 Å². The van der Waals surface area contributed by atoms with Crippen molar-refractivity contribution < 1.29 is 14.9 Å². The summed E-state index contributed by atoms with van der Waals surface area (Å²) in [7, 11) is 0. The Morgan fingerprint density at radius 3 is 1.90 bits per heavy atom. The highest BCUT2D eigenvalue weighted by atomic mass is 16.5. The van der Waals surface area contributed by atoms with Gasteiger partial charge in [-0.1, -0.05) is 48.5 Å². The molecule has 0 aliphatic heterocycles. The number of rotatable bonds is 3. The lowest BCUT2D eigenvalue weighted by Crippen LogP contribution is -2.46. The van der Waals surface area contributed by atoms with Crippen LogP contribution < -0.4 is 4.74 Å². The van der Waals surface area contributed by atoms with Crippen LogP contribution in [0.4, 0.5) is 0 Å². The van der Waals surface area contributed by atoms with Crippen molar-refractivity contribution in [3.8, 4) is 17.8 Å². The summed E-state index contributed by atoms with van der Waals surface area (Å²) in [4.78, 5) is 0. The van der Waals surface area contributed by atoms with E-state index in [4.69, 9.17) is 4.74 Å². The van der Waals surface area contributed by atoms with E-state index < -0.39 is 11.2 Å². The van der Waals surface area contributed by atoms with Crippen LogP contribution in [0.3, 0.4) is 0 Å². The molecule has 3 nitrogen and oxygen atoms in total. The minimum Gasteiger partial charge on any atom is -0.407 e. The Bertz CT molecular complexity index is 633. The molecule has 108 valence electrons. The average Bonchev–Trinajstić information content (AvgIpc) is 2.48. The molecule has 0 amide bonds. The van der Waals surface area contributed by atoms with Gasteiger partial charge in [-0.3, -0.25) is 0 Å². The minimum absolute atomic E-state index is 0.515. The normalized spacial score (nSPS) is 13.7. The highest BCUT2D eigenvalue weighted by Crippen LogP contribution is 2.32. The van der Waals surface area contributed by atoms with E-state index in [1.165, 1.54) is 13.8 Å². The van der Waals surface area contributed by atoms with Crippen LogP contribution in [0, 0.1) is 12.0 Å². The SMILES string of the molecule is CC(C)(O)C(O)(C#COc1ccccc1)c1ccccc1. The summed E-state index contributed by atoms with van der Waals surface area (Å²) >= 11 is 0. The number of benzene rings is 2. The molecule has 2 aromatic carbocycles. The molecule has 0 fully saturated rings. The van der Waals surface area contributed by atoms with Gasteiger partial charge in [-0.05, 0) is 37.5 Å². The van der Waals surface area contributed by atoms with E-state index >= 15 is 0 Å². The minimum atomic E-state index is -1.72. The Morgan fingerprint density at radius 1 is 0.857 bits per heavy atom. The zero-order chi connectivity index (χ0) is 15.3. The van der Waals surface area contributed by atoms with Crippen molar-refractivity contribution in [3.05, 3.63) is 66.2 Å². The summed E-state index contributed by atoms with van der Waals surface area (Å²) in [5.41, 5.74) is -2.65. The molecule has 2 rings (SSSR count). The summed E-state index contributed by atoms with van der Waals surface area (Å²) in [6, 6.07) is 17.9. The van der Waals surface area contributed by atoms with Crippen molar-refractivity contribution in [2.75, 3.05) is 0 Å². The van der Waals surface area contributed by atoms with Crippen molar-refractivity contribution in [3.63, 3.8) is 0 Å². The van der Waals surface area contributed by atoms with Gasteiger partial charge in [0, 0.05) is 0 Å². The number of hydrogen-bond acceptors (Lipinski definition) is 3. The zero-order valence-electron chi connectivity index (χ0n) is 12.1. The molecule has 21 heavy (non-hydrogen) atoms. The first-order valence-electron chi connectivity index (χ1n) is 6.68. The van der Waals surface area contributed by atoms with Gasteiger partial charge >= 0.3 is 0 Å². The fourth-order valence-corrected chi connectivity index (χ4v) is 1.90. The maximum absolute atomic E-state index is 10.8. The molecule has 1 atom stereocenters. The standard InChI is InChI=1S/C18H18O3/c1-17(2,19)18(20,15-9-5-3-6-10-15)13-14-21-16-11-7-4-8-12-16/h3-12,19-20H,1-2H3. The van der Waals surface area contributed by atoms with Crippen LogP contribution in [-0.4, -0.2) is 15.8 Å². The second kappa shape index (κ2) is 6.01. The quantitative estimate of drug-likeness (QED) is 0.851. The van der Waals surface area contributed by atoms with Gasteiger partial charge < -0.3 is 14.9 Å². The third-order valence-electron chi connectivity index (χ3n) is 3.22. The highest BCUT2D eigenvalue weighted by molar-refractivity contribution is 5.35. The zero-order valence-corrected chi connectivity index (χ0v) is 12.1. The van der Waals surface area contributed by atoms with Gasteiger partial charge in [-0.2, -0.15) is 0 Å². The lowest BCUT2D eigenvalue weighted by atomic mass is 9.80. The summed E-state index contributed by atoms with van der Waals surface area (Å²) in [6.07, 6.45) is 2.49. The maximum Gasteiger partial charge on any atom is 0.182 e. The van der Waals surface area contributed by atoms with Gasteiger partial charge in [0.25, 0.3) is 0 Å². The first-order valence-corrected chi connectivity index (χ1v) is 6.68. The molecular weight excluding hydrogens is 264 g/mol. The van der Waals surface area contributed by atoms with Gasteiger partial charge in [0.15, 0.2) is 5.60 Å². The Labute approximate surface area is 124 Å². The van der Waals surface area contributed by atoms with Crippen LogP contribution >= 0.6 is 0 Å². The molecule has 1 unspecified atom stereocenters. The van der Waals surface area contributed by atoms with Crippen LogP contribution in [0.5, 0.6) is 5.75 Å². The largest absolute Gasteiger partial charge is 0.407 e. The Kier molecular flexibility index (Phi) is 4.32. The predicted molar refractivity (Wildman–Crippen MR) is 81.5 cm³/mol. The maximum atomic E-state index is 10.8. The predicted octanol–water partition coefficient (Wildman–Crippen LogP) is 2.69. The van der Waals surface area contributed by atoms with Gasteiger partial charge in [0.2, 0.25) is 0 Å². The van der Waals surface area contributed by atoms with Gasteiger partial charge in [-0.25, -0.2) is 0 Å². The number of para-hydroxylation sites is 1. The summed E-state index contributed by atoms with van der Waals surface area (Å²) in [5, 5.41) is 21.1. The molecule has 0 heterocycles. The van der Waals surface area contributed by atoms with E-state index in [1.807, 2.05) is 24.3 Å². The third kappa shape index (κ3) is 3.43. The lowest BCUT2D eigenvalue weighted by molar-refractivity contribution is -0.0986. The van der Waals surface area contributed by atoms with Gasteiger partial charge in [-0.15, -0.1) is 0 Å². The van der Waals surface area contributed by atoms with E-state index in [0.29, 0.717) is 11.3 Å². The van der Waals surface area contributed by atoms with Crippen LogP contribution in [0.25, 0.3) is 0 Å². The third-order valence-corrected chi connectivity index (χ3v) is 3.22. The smallest absolute Gasteiger partial charge is 0.182 e. The molecule has 0 radical (unpaired) electrons. The van der Waals surface area contributed by atoms with E-state index in [2.05, 4.69) is 12.0 Å². The fraction of sp³-hybridized carbons (Fsp3) is 0.222. The van der Waals surface area contributed by atoms with Gasteiger partial charge in [0.1, 0.15) is 17.5 Å². The van der Waals surface area contributed by atoms with Gasteiger partial charge in [0.05, 0.1) is 0 Å². The molecular formula is C18H18O3. The highest BCUT2D eigenvalue weighted by Gasteiger charge is 2.42. The Morgan fingerprint density at radius 2 is 1.38 bits per heavy atom. The summed E-state index contributed by atoms with van der Waals surface area (Å²) in [5.74, 6) is 3.21. The topological polar surface area (TPSA) is 49.7 Å². The van der Waals surface area contributed by atoms with E-state index in [9.17, 15) is 10.2 Å². The van der Waals surface area contributed by atoms with E-state index in [1.54, 1.807) is 36.4 Å². The monoisotopic (exact) mass is 282 g/mol. The molecule has 0 aliphatic rings. The number of ether oxygens (including phenoxy) is 1. The number of aliphatic hydroxyl groups is 2. The second-order valence-electron chi connectivity index (χ2n) is 5.28. The molecule has 0 saturated heterocycles. The Hall–Kier alpha value is -2.28. The van der Waals surface area contributed by atoms with Crippen molar-refractivity contribution in [1.82, 2.24) is 0 Å². The van der Waals surface area contributed by atoms with E-state index in [0.717, 1.165) is 0 Å². The van der Waals surface area contributed by atoms with Crippen LogP contribution in [0.2, 0.25) is 0 Å². The fourth-order valence-electron chi connectivity index (χ4n) is 1.90. The molecule has 0 aliphatic carbocycles. The average molecular weight is 282 g/mol. The van der Waals surface area contributed by atoms with Crippen LogP contribution in [-0.2, 0) is 5.60 Å². The first-order chi connectivity index (χ1) is 9.93. The molecule has 2 aromatic rings. The second-order valence-corrected chi connectivity index (χ2v) is 5.28. The molecule has 0 spiro atoms. The van der Waals surface area contributed by atoms with Crippen molar-refractivity contribution in [1.29, 1.82) is 0 Å². The molecule has 3 heteroatoms. The lowest BCUT2D eigenvalue weighted by Gasteiger charge is -2.34. The Balaban J connectivity index is 2.31. The summed E-state index contributed by atoms with van der Waals surface area (Å²) < 4.78 is 5.29.